The molecule has 0 amide bonds. The fourth-order valence-electron chi connectivity index (χ4n) is 1.75. The number of phenolic OH excluding ortho intramolecular Hbond substituents is 1. The van der Waals surface area contributed by atoms with Gasteiger partial charge in [-0.2, -0.15) is 0 Å². The molecule has 0 atom stereocenters. The molecule has 0 aliphatic heterocycles. The molecule has 0 radical (unpaired) electrons. The fourth-order valence-corrected chi connectivity index (χ4v) is 2.13. The highest BCUT2D eigenvalue weighted by atomic mass is 79.9. The van der Waals surface area contributed by atoms with Crippen molar-refractivity contribution < 1.29 is 19.4 Å². The van der Waals surface area contributed by atoms with E-state index in [2.05, 4.69) is 15.9 Å². The summed E-state index contributed by atoms with van der Waals surface area (Å²) in [4.78, 5) is 11.8. The van der Waals surface area contributed by atoms with Gasteiger partial charge >= 0.3 is 5.97 Å². The Labute approximate surface area is 131 Å². The summed E-state index contributed by atoms with van der Waals surface area (Å²) in [6.07, 6.45) is 0. The Hall–Kier alpha value is -2.01. The lowest BCUT2D eigenvalue weighted by atomic mass is 10.1. The van der Waals surface area contributed by atoms with Gasteiger partial charge in [0.05, 0.1) is 0 Å². The Morgan fingerprint density at radius 2 is 1.95 bits per heavy atom. The normalized spacial score (nSPS) is 10.2. The minimum absolute atomic E-state index is 0.0459. The number of aromatic hydroxyl groups is 1. The summed E-state index contributed by atoms with van der Waals surface area (Å²) in [5.41, 5.74) is 0.798. The lowest BCUT2D eigenvalue weighted by molar-refractivity contribution is 0.0447. The minimum atomic E-state index is -0.561. The number of para-hydroxylation sites is 1. The summed E-state index contributed by atoms with van der Waals surface area (Å²) in [5.74, 6) is 0.0864. The number of hydrogen-bond acceptors (Lipinski definition) is 4. The van der Waals surface area contributed by atoms with Crippen LogP contribution in [0.15, 0.2) is 46.9 Å². The number of halogens is 1. The Balaban J connectivity index is 1.83. The molecule has 0 saturated carbocycles. The number of ether oxygens (including phenoxy) is 2. The number of hydrogen-bond donors (Lipinski definition) is 1. The van der Waals surface area contributed by atoms with E-state index in [1.807, 2.05) is 24.3 Å². The molecule has 1 N–H and O–H groups in total. The monoisotopic (exact) mass is 350 g/mol. The molecule has 2 aromatic carbocycles. The van der Waals surface area contributed by atoms with E-state index in [1.165, 1.54) is 6.07 Å². The lowest BCUT2D eigenvalue weighted by Crippen LogP contribution is -2.12. The number of rotatable bonds is 5. The van der Waals surface area contributed by atoms with Crippen molar-refractivity contribution in [2.24, 2.45) is 0 Å². The van der Waals surface area contributed by atoms with Gasteiger partial charge < -0.3 is 14.6 Å². The van der Waals surface area contributed by atoms with Gasteiger partial charge in [0.2, 0.25) is 0 Å². The first-order chi connectivity index (χ1) is 10.1. The molecule has 4 nitrogen and oxygen atoms in total. The van der Waals surface area contributed by atoms with Crippen LogP contribution in [0.3, 0.4) is 0 Å². The van der Waals surface area contributed by atoms with Gasteiger partial charge in [-0.15, -0.1) is 0 Å². The fraction of sp³-hybridized carbons (Fsp3) is 0.188. The highest BCUT2D eigenvalue weighted by Crippen LogP contribution is 2.22. The summed E-state index contributed by atoms with van der Waals surface area (Å²) < 4.78 is 11.5. The van der Waals surface area contributed by atoms with Gasteiger partial charge in [0.15, 0.2) is 0 Å². The van der Waals surface area contributed by atoms with Crippen LogP contribution in [0.25, 0.3) is 0 Å². The van der Waals surface area contributed by atoms with Gasteiger partial charge in [0.1, 0.15) is 30.3 Å². The molecule has 21 heavy (non-hydrogen) atoms. The third kappa shape index (κ3) is 4.23. The summed E-state index contributed by atoms with van der Waals surface area (Å²) >= 11 is 3.35. The molecule has 2 aromatic rings. The van der Waals surface area contributed by atoms with Crippen LogP contribution in [0.5, 0.6) is 11.5 Å². The Morgan fingerprint density at radius 1 is 1.19 bits per heavy atom. The Morgan fingerprint density at radius 3 is 2.71 bits per heavy atom. The number of phenols is 1. The van der Waals surface area contributed by atoms with E-state index in [4.69, 9.17) is 9.47 Å². The lowest BCUT2D eigenvalue weighted by Gasteiger charge is -2.09. The van der Waals surface area contributed by atoms with Crippen molar-refractivity contribution in [3.8, 4) is 11.5 Å². The highest BCUT2D eigenvalue weighted by molar-refractivity contribution is 9.10. The van der Waals surface area contributed by atoms with E-state index >= 15 is 0 Å². The molecule has 0 aromatic heterocycles. The summed E-state index contributed by atoms with van der Waals surface area (Å²) in [5, 5.41) is 9.80. The van der Waals surface area contributed by atoms with Crippen molar-refractivity contribution >= 4 is 21.9 Å². The zero-order chi connectivity index (χ0) is 15.2. The van der Waals surface area contributed by atoms with Crippen LogP contribution in [-0.2, 0) is 4.74 Å². The molecule has 110 valence electrons. The average molecular weight is 351 g/mol. The molecule has 0 spiro atoms. The quantitative estimate of drug-likeness (QED) is 0.659. The first kappa shape index (κ1) is 15.4. The molecule has 0 aliphatic carbocycles. The van der Waals surface area contributed by atoms with Gasteiger partial charge in [0.25, 0.3) is 0 Å². The molecule has 0 heterocycles. The van der Waals surface area contributed by atoms with Crippen LogP contribution >= 0.6 is 15.9 Å². The van der Waals surface area contributed by atoms with E-state index in [-0.39, 0.29) is 24.5 Å². The third-order valence-corrected chi connectivity index (χ3v) is 3.33. The average Bonchev–Trinajstić information content (AvgIpc) is 2.46. The van der Waals surface area contributed by atoms with Gasteiger partial charge in [-0.25, -0.2) is 4.79 Å². The minimum Gasteiger partial charge on any atom is -0.507 e. The van der Waals surface area contributed by atoms with Gasteiger partial charge in [-0.05, 0) is 36.8 Å². The molecule has 0 unspecified atom stereocenters. The number of benzene rings is 2. The molecular formula is C16H15BrO4. The molecule has 5 heteroatoms. The highest BCUT2D eigenvalue weighted by Gasteiger charge is 2.13. The maximum Gasteiger partial charge on any atom is 0.342 e. The van der Waals surface area contributed by atoms with Crippen molar-refractivity contribution in [2.45, 2.75) is 6.92 Å². The Kier molecular flexibility index (Phi) is 5.22. The van der Waals surface area contributed by atoms with Crippen molar-refractivity contribution in [1.29, 1.82) is 0 Å². The predicted octanol–water partition coefficient (Wildman–Crippen LogP) is 3.70. The van der Waals surface area contributed by atoms with E-state index in [9.17, 15) is 9.90 Å². The Bertz CT molecular complexity index is 640. The van der Waals surface area contributed by atoms with Gasteiger partial charge in [-0.3, -0.25) is 0 Å². The maximum atomic E-state index is 11.8. The number of aryl methyl sites for hydroxylation is 1. The number of carbonyl (C=O) groups is 1. The van der Waals surface area contributed by atoms with Crippen LogP contribution in [-0.4, -0.2) is 24.3 Å². The second kappa shape index (κ2) is 7.13. The number of carbonyl (C=O) groups excluding carboxylic acids is 1. The summed E-state index contributed by atoms with van der Waals surface area (Å²) in [6, 6.07) is 12.3. The maximum absolute atomic E-state index is 11.8. The van der Waals surface area contributed by atoms with Crippen LogP contribution in [0, 0.1) is 6.92 Å². The molecule has 0 fully saturated rings. The smallest absolute Gasteiger partial charge is 0.342 e. The first-order valence-electron chi connectivity index (χ1n) is 6.42. The van der Waals surface area contributed by atoms with Crippen LogP contribution in [0.4, 0.5) is 0 Å². The van der Waals surface area contributed by atoms with Crippen molar-refractivity contribution in [3.05, 3.63) is 58.1 Å². The summed E-state index contributed by atoms with van der Waals surface area (Å²) in [7, 11) is 0. The number of esters is 1. The van der Waals surface area contributed by atoms with Gasteiger partial charge in [-0.1, -0.05) is 34.1 Å². The standard InChI is InChI=1S/C16H15BrO4/c1-11-4-2-7-14(15(11)18)16(19)21-9-8-20-13-6-3-5-12(17)10-13/h2-7,10,18H,8-9H2,1H3. The predicted molar refractivity (Wildman–Crippen MR) is 82.8 cm³/mol. The van der Waals surface area contributed by atoms with Crippen LogP contribution < -0.4 is 4.74 Å². The third-order valence-electron chi connectivity index (χ3n) is 2.84. The molecule has 0 aliphatic rings. The van der Waals surface area contributed by atoms with Crippen molar-refractivity contribution in [1.82, 2.24) is 0 Å². The van der Waals surface area contributed by atoms with Crippen molar-refractivity contribution in [2.75, 3.05) is 13.2 Å². The van der Waals surface area contributed by atoms with Crippen molar-refractivity contribution in [3.63, 3.8) is 0 Å². The zero-order valence-corrected chi connectivity index (χ0v) is 13.1. The zero-order valence-electron chi connectivity index (χ0n) is 11.5. The molecule has 0 saturated heterocycles. The topological polar surface area (TPSA) is 55.8 Å². The molecule has 0 bridgehead atoms. The largest absolute Gasteiger partial charge is 0.507 e. The second-order valence-corrected chi connectivity index (χ2v) is 5.33. The first-order valence-corrected chi connectivity index (χ1v) is 7.21. The molecular weight excluding hydrogens is 336 g/mol. The SMILES string of the molecule is Cc1cccc(C(=O)OCCOc2cccc(Br)c2)c1O. The van der Waals surface area contributed by atoms with Gasteiger partial charge in [0, 0.05) is 4.47 Å². The van der Waals surface area contributed by atoms with Crippen LogP contribution in [0.1, 0.15) is 15.9 Å². The van der Waals surface area contributed by atoms with E-state index in [0.717, 1.165) is 4.47 Å². The molecule has 2 rings (SSSR count). The van der Waals surface area contributed by atoms with E-state index in [0.29, 0.717) is 11.3 Å². The van der Waals surface area contributed by atoms with Crippen LogP contribution in [0.2, 0.25) is 0 Å². The summed E-state index contributed by atoms with van der Waals surface area (Å²) in [6.45, 7) is 2.08. The van der Waals surface area contributed by atoms with E-state index in [1.54, 1.807) is 19.1 Å². The second-order valence-electron chi connectivity index (χ2n) is 4.41. The van der Waals surface area contributed by atoms with E-state index < -0.39 is 5.97 Å².